The summed E-state index contributed by atoms with van der Waals surface area (Å²) >= 11 is 0. The van der Waals surface area contributed by atoms with Gasteiger partial charge in [-0.15, -0.1) is 0 Å². The zero-order valence-electron chi connectivity index (χ0n) is 4.00. The van der Waals surface area contributed by atoms with E-state index in [1.807, 2.05) is 0 Å². The highest BCUT2D eigenvalue weighted by Gasteiger charge is 1.79. The van der Waals surface area contributed by atoms with Crippen LogP contribution in [0.1, 0.15) is 13.3 Å². The molecule has 4 heteroatoms. The van der Waals surface area contributed by atoms with Gasteiger partial charge >= 0.3 is 0 Å². The van der Waals surface area contributed by atoms with E-state index in [9.17, 15) is 10.1 Å². The molecule has 0 rings (SSSR count). The van der Waals surface area contributed by atoms with E-state index in [0.29, 0.717) is 6.42 Å². The predicted octanol–water partition coefficient (Wildman–Crippen LogP) is 0.659. The molecular weight excluding hydrogens is 96.0 g/mol. The summed E-state index contributed by atoms with van der Waals surface area (Å²) in [6.45, 7) is 1.78. The van der Waals surface area contributed by atoms with E-state index in [2.05, 4.69) is 5.10 Å². The highest BCUT2D eigenvalue weighted by Crippen LogP contribution is 1.69. The van der Waals surface area contributed by atoms with Crippen LogP contribution in [0.4, 0.5) is 0 Å². The molecule has 0 fully saturated rings. The summed E-state index contributed by atoms with van der Waals surface area (Å²) in [5.74, 6) is 0. The van der Waals surface area contributed by atoms with E-state index in [4.69, 9.17) is 0 Å². The summed E-state index contributed by atoms with van der Waals surface area (Å²) < 4.78 is 0. The van der Waals surface area contributed by atoms with Crippen LogP contribution in [-0.2, 0) is 0 Å². The van der Waals surface area contributed by atoms with Gasteiger partial charge in [0.05, 0.1) is 11.3 Å². The Labute approximate surface area is 41.0 Å². The zero-order valence-corrected chi connectivity index (χ0v) is 4.00. The Morgan fingerprint density at radius 1 is 2.00 bits per heavy atom. The van der Waals surface area contributed by atoms with Crippen LogP contribution in [0.2, 0.25) is 0 Å². The van der Waals surface area contributed by atoms with Gasteiger partial charge in [0.2, 0.25) is 0 Å². The van der Waals surface area contributed by atoms with Crippen molar-refractivity contribution in [2.24, 2.45) is 5.10 Å². The van der Waals surface area contributed by atoms with E-state index in [0.717, 1.165) is 0 Å². The first-order chi connectivity index (χ1) is 3.27. The van der Waals surface area contributed by atoms with Crippen LogP contribution < -0.4 is 0 Å². The summed E-state index contributed by atoms with van der Waals surface area (Å²) in [6, 6.07) is 0. The molecule has 0 radical (unpaired) electrons. The third kappa shape index (κ3) is 5.07. The van der Waals surface area contributed by atoms with Gasteiger partial charge in [0.25, 0.3) is 0 Å². The molecule has 0 aromatic rings. The number of hydrogen-bond donors (Lipinski definition) is 0. The van der Waals surface area contributed by atoms with Gasteiger partial charge in [-0.05, 0) is 6.42 Å². The van der Waals surface area contributed by atoms with Crippen LogP contribution in [0.15, 0.2) is 5.10 Å². The van der Waals surface area contributed by atoms with Gasteiger partial charge in [0.15, 0.2) is 5.03 Å². The summed E-state index contributed by atoms with van der Waals surface area (Å²) in [4.78, 5) is 9.37. The molecule has 0 heterocycles. The standard InChI is InChI=1S/C3H6N2O2/c1-2-3-4-5(6)7/h3H,2H2,1H3/b4-3+. The minimum atomic E-state index is -0.719. The first-order valence-corrected chi connectivity index (χ1v) is 1.94. The molecule has 0 aliphatic heterocycles. The molecule has 0 aromatic carbocycles. The highest BCUT2D eigenvalue weighted by atomic mass is 16.7. The Morgan fingerprint density at radius 2 is 2.57 bits per heavy atom. The van der Waals surface area contributed by atoms with Crippen molar-refractivity contribution in [1.29, 1.82) is 0 Å². The van der Waals surface area contributed by atoms with E-state index in [1.165, 1.54) is 6.21 Å². The summed E-state index contributed by atoms with van der Waals surface area (Å²) in [5.41, 5.74) is 0. The van der Waals surface area contributed by atoms with Crippen molar-refractivity contribution in [2.75, 3.05) is 0 Å². The van der Waals surface area contributed by atoms with Crippen LogP contribution in [0.5, 0.6) is 0 Å². The molecule has 7 heavy (non-hydrogen) atoms. The second-order valence-electron chi connectivity index (χ2n) is 0.944. The van der Waals surface area contributed by atoms with Crippen molar-refractivity contribution in [3.63, 3.8) is 0 Å². The zero-order chi connectivity index (χ0) is 5.70. The van der Waals surface area contributed by atoms with Crippen molar-refractivity contribution in [1.82, 2.24) is 0 Å². The lowest BCUT2D eigenvalue weighted by Gasteiger charge is -1.70. The Kier molecular flexibility index (Phi) is 2.83. The van der Waals surface area contributed by atoms with Crippen LogP contribution >= 0.6 is 0 Å². The lowest BCUT2D eigenvalue weighted by molar-refractivity contribution is -0.484. The topological polar surface area (TPSA) is 55.5 Å². The summed E-state index contributed by atoms with van der Waals surface area (Å²) in [7, 11) is 0. The highest BCUT2D eigenvalue weighted by molar-refractivity contribution is 5.55. The molecule has 0 atom stereocenters. The van der Waals surface area contributed by atoms with E-state index in [-0.39, 0.29) is 0 Å². The number of rotatable bonds is 2. The van der Waals surface area contributed by atoms with Crippen LogP contribution in [0.25, 0.3) is 0 Å². The largest absolute Gasteiger partial charge is 0.233 e. The fourth-order valence-electron chi connectivity index (χ4n) is 0.148. The van der Waals surface area contributed by atoms with Gasteiger partial charge in [-0.25, -0.2) is 10.1 Å². The lowest BCUT2D eigenvalue weighted by atomic mass is 10.6. The maximum Gasteiger partial charge on any atom is 0.190 e. The average molecular weight is 102 g/mol. The minimum Gasteiger partial charge on any atom is -0.233 e. The van der Waals surface area contributed by atoms with Gasteiger partial charge in [-0.2, -0.15) is 0 Å². The first-order valence-electron chi connectivity index (χ1n) is 1.94. The Hall–Kier alpha value is -0.930. The van der Waals surface area contributed by atoms with Crippen LogP contribution in [0.3, 0.4) is 0 Å². The number of hydrogen-bond acceptors (Lipinski definition) is 2. The Bertz CT molecular complexity index is 88.9. The molecule has 0 saturated heterocycles. The van der Waals surface area contributed by atoms with Gasteiger partial charge in [-0.1, -0.05) is 6.92 Å². The normalized spacial score (nSPS) is 9.86. The Morgan fingerprint density at radius 3 is 2.71 bits per heavy atom. The number of hydrazone groups is 1. The van der Waals surface area contributed by atoms with E-state index >= 15 is 0 Å². The average Bonchev–Trinajstić information content (AvgIpc) is 1.61. The van der Waals surface area contributed by atoms with E-state index in [1.54, 1.807) is 6.92 Å². The fraction of sp³-hybridized carbons (Fsp3) is 0.667. The minimum absolute atomic E-state index is 0.612. The van der Waals surface area contributed by atoms with Crippen LogP contribution in [-0.4, -0.2) is 11.2 Å². The first kappa shape index (κ1) is 6.07. The molecule has 0 saturated carbocycles. The van der Waals surface area contributed by atoms with Gasteiger partial charge in [0, 0.05) is 0 Å². The maximum absolute atomic E-state index is 9.37. The van der Waals surface area contributed by atoms with Crippen LogP contribution in [0, 0.1) is 10.1 Å². The molecule has 40 valence electrons. The molecule has 0 N–H and O–H groups in total. The third-order valence-electron chi connectivity index (χ3n) is 0.359. The molecule has 0 aliphatic rings. The number of nitrogens with zero attached hydrogens (tertiary/aromatic N) is 2. The fourth-order valence-corrected chi connectivity index (χ4v) is 0.148. The molecule has 0 spiro atoms. The number of nitro groups is 1. The molecule has 0 bridgehead atoms. The summed E-state index contributed by atoms with van der Waals surface area (Å²) in [6.07, 6.45) is 1.86. The van der Waals surface area contributed by atoms with Crippen molar-refractivity contribution in [3.8, 4) is 0 Å². The monoisotopic (exact) mass is 102 g/mol. The molecule has 0 aliphatic carbocycles. The SMILES string of the molecule is CC/C=N/[N+](=O)[O-]. The third-order valence-corrected chi connectivity index (χ3v) is 0.359. The molecule has 0 unspecified atom stereocenters. The quantitative estimate of drug-likeness (QED) is 0.292. The smallest absolute Gasteiger partial charge is 0.190 e. The predicted molar refractivity (Wildman–Crippen MR) is 25.8 cm³/mol. The van der Waals surface area contributed by atoms with Gasteiger partial charge in [-0.3, -0.25) is 0 Å². The Balaban J connectivity index is 3.26. The molecule has 0 amide bonds. The van der Waals surface area contributed by atoms with Crippen molar-refractivity contribution >= 4 is 6.21 Å². The van der Waals surface area contributed by atoms with Crippen molar-refractivity contribution in [2.45, 2.75) is 13.3 Å². The van der Waals surface area contributed by atoms with Gasteiger partial charge in [0.1, 0.15) is 0 Å². The van der Waals surface area contributed by atoms with Crippen molar-refractivity contribution < 1.29 is 5.03 Å². The van der Waals surface area contributed by atoms with E-state index < -0.39 is 5.03 Å². The molecular formula is C3H6N2O2. The molecule has 4 nitrogen and oxygen atoms in total. The lowest BCUT2D eigenvalue weighted by Crippen LogP contribution is -1.83. The second kappa shape index (κ2) is 3.27. The van der Waals surface area contributed by atoms with Crippen molar-refractivity contribution in [3.05, 3.63) is 10.1 Å². The molecule has 0 aromatic heterocycles. The summed E-state index contributed by atoms with van der Waals surface area (Å²) in [5, 5.41) is 11.5. The second-order valence-corrected chi connectivity index (χ2v) is 0.944. The maximum atomic E-state index is 9.37. The van der Waals surface area contributed by atoms with Gasteiger partial charge < -0.3 is 0 Å².